The summed E-state index contributed by atoms with van der Waals surface area (Å²) in [6.45, 7) is 3.92. The minimum absolute atomic E-state index is 0.0559. The van der Waals surface area contributed by atoms with Crippen molar-refractivity contribution in [2.24, 2.45) is 0 Å². The molecule has 0 bridgehead atoms. The molecule has 0 saturated heterocycles. The first kappa shape index (κ1) is 16.4. The molecular weight excluding hydrogens is 302 g/mol. The van der Waals surface area contributed by atoms with E-state index in [0.29, 0.717) is 6.42 Å². The summed E-state index contributed by atoms with van der Waals surface area (Å²) in [4.78, 5) is 12.3. The standard InChI is InChI=1S/C18H23N5O/c1-13(16-6-4-3-5-7-16)19-18(24)12-15-8-10-17(11-9-15)23-14(2)20-21-22-23/h6,8-11,13H,3-5,7,12H2,1-2H3,(H,19,24). The van der Waals surface area contributed by atoms with Gasteiger partial charge in [-0.15, -0.1) is 5.10 Å². The van der Waals surface area contributed by atoms with Gasteiger partial charge in [0, 0.05) is 6.04 Å². The van der Waals surface area contributed by atoms with E-state index >= 15 is 0 Å². The lowest BCUT2D eigenvalue weighted by molar-refractivity contribution is -0.120. The molecule has 1 aromatic heterocycles. The Morgan fingerprint density at radius 3 is 2.71 bits per heavy atom. The van der Waals surface area contributed by atoms with Gasteiger partial charge in [0.15, 0.2) is 5.82 Å². The molecule has 1 atom stereocenters. The van der Waals surface area contributed by atoms with E-state index in [1.807, 2.05) is 31.2 Å². The first-order chi connectivity index (χ1) is 11.6. The number of aromatic nitrogens is 4. The minimum Gasteiger partial charge on any atom is -0.350 e. The Labute approximate surface area is 142 Å². The normalized spacial score (nSPS) is 15.7. The molecule has 1 unspecified atom stereocenters. The summed E-state index contributed by atoms with van der Waals surface area (Å²) in [5.74, 6) is 0.787. The van der Waals surface area contributed by atoms with Crippen LogP contribution in [0.2, 0.25) is 0 Å². The van der Waals surface area contributed by atoms with Crippen molar-refractivity contribution in [1.82, 2.24) is 25.5 Å². The highest BCUT2D eigenvalue weighted by Crippen LogP contribution is 2.20. The Bertz CT molecular complexity index is 732. The van der Waals surface area contributed by atoms with Crippen LogP contribution in [-0.2, 0) is 11.2 Å². The highest BCUT2D eigenvalue weighted by molar-refractivity contribution is 5.79. The largest absolute Gasteiger partial charge is 0.350 e. The van der Waals surface area contributed by atoms with E-state index in [2.05, 4.69) is 33.8 Å². The van der Waals surface area contributed by atoms with Gasteiger partial charge in [0.1, 0.15) is 0 Å². The van der Waals surface area contributed by atoms with Gasteiger partial charge in [0.2, 0.25) is 5.91 Å². The van der Waals surface area contributed by atoms with Gasteiger partial charge in [-0.1, -0.05) is 23.8 Å². The summed E-state index contributed by atoms with van der Waals surface area (Å²) in [6, 6.07) is 7.88. The molecule has 2 aromatic rings. The fourth-order valence-electron chi connectivity index (χ4n) is 3.05. The van der Waals surface area contributed by atoms with Crippen LogP contribution >= 0.6 is 0 Å². The third kappa shape index (κ3) is 3.88. The van der Waals surface area contributed by atoms with Crippen LogP contribution in [0.15, 0.2) is 35.9 Å². The zero-order valence-corrected chi connectivity index (χ0v) is 14.2. The monoisotopic (exact) mass is 325 g/mol. The predicted molar refractivity (Wildman–Crippen MR) is 91.8 cm³/mol. The van der Waals surface area contributed by atoms with Crippen LogP contribution in [0.5, 0.6) is 0 Å². The zero-order chi connectivity index (χ0) is 16.9. The number of amides is 1. The summed E-state index contributed by atoms with van der Waals surface area (Å²) in [5.41, 5.74) is 3.23. The molecule has 1 N–H and O–H groups in total. The minimum atomic E-state index is 0.0559. The summed E-state index contributed by atoms with van der Waals surface area (Å²) in [7, 11) is 0. The molecule has 0 saturated carbocycles. The number of hydrogen-bond acceptors (Lipinski definition) is 4. The van der Waals surface area contributed by atoms with E-state index in [0.717, 1.165) is 29.9 Å². The highest BCUT2D eigenvalue weighted by atomic mass is 16.1. The predicted octanol–water partition coefficient (Wildman–Crippen LogP) is 2.52. The van der Waals surface area contributed by atoms with Crippen molar-refractivity contribution >= 4 is 5.91 Å². The molecule has 0 spiro atoms. The molecule has 1 amide bonds. The Morgan fingerprint density at radius 2 is 2.08 bits per heavy atom. The van der Waals surface area contributed by atoms with Crippen LogP contribution in [0.3, 0.4) is 0 Å². The van der Waals surface area contributed by atoms with Gasteiger partial charge in [-0.05, 0) is 67.7 Å². The van der Waals surface area contributed by atoms with Crippen molar-refractivity contribution in [1.29, 1.82) is 0 Å². The Morgan fingerprint density at radius 1 is 1.29 bits per heavy atom. The lowest BCUT2D eigenvalue weighted by Crippen LogP contribution is -2.35. The second-order valence-corrected chi connectivity index (χ2v) is 6.30. The molecule has 126 valence electrons. The Hall–Kier alpha value is -2.50. The fraction of sp³-hybridized carbons (Fsp3) is 0.444. The number of nitrogens with one attached hydrogen (secondary N) is 1. The van der Waals surface area contributed by atoms with Gasteiger partial charge in [-0.25, -0.2) is 0 Å². The molecule has 0 radical (unpaired) electrons. The van der Waals surface area contributed by atoms with E-state index in [1.165, 1.54) is 18.4 Å². The van der Waals surface area contributed by atoms with E-state index < -0.39 is 0 Å². The second-order valence-electron chi connectivity index (χ2n) is 6.30. The van der Waals surface area contributed by atoms with E-state index in [4.69, 9.17) is 0 Å². The topological polar surface area (TPSA) is 72.7 Å². The molecule has 1 aliphatic carbocycles. The molecule has 0 aliphatic heterocycles. The lowest BCUT2D eigenvalue weighted by Gasteiger charge is -2.20. The summed E-state index contributed by atoms with van der Waals surface area (Å²) in [6.07, 6.45) is 7.38. The summed E-state index contributed by atoms with van der Waals surface area (Å²) < 4.78 is 1.67. The molecule has 0 fully saturated rings. The summed E-state index contributed by atoms with van der Waals surface area (Å²) >= 11 is 0. The number of aryl methyl sites for hydroxylation is 1. The van der Waals surface area contributed by atoms with Gasteiger partial charge in [-0.2, -0.15) is 4.68 Å². The van der Waals surface area contributed by atoms with Crippen molar-refractivity contribution < 1.29 is 4.79 Å². The maximum Gasteiger partial charge on any atom is 0.224 e. The number of carbonyl (C=O) groups is 1. The average molecular weight is 325 g/mol. The van der Waals surface area contributed by atoms with Gasteiger partial charge in [0.05, 0.1) is 12.1 Å². The molecule has 3 rings (SSSR count). The van der Waals surface area contributed by atoms with E-state index in [-0.39, 0.29) is 11.9 Å². The molecular formula is C18H23N5O. The summed E-state index contributed by atoms with van der Waals surface area (Å²) in [5, 5.41) is 14.6. The van der Waals surface area contributed by atoms with E-state index in [1.54, 1.807) is 4.68 Å². The first-order valence-electron chi connectivity index (χ1n) is 8.46. The molecule has 24 heavy (non-hydrogen) atoms. The first-order valence-corrected chi connectivity index (χ1v) is 8.46. The van der Waals surface area contributed by atoms with Crippen molar-refractivity contribution in [2.75, 3.05) is 0 Å². The van der Waals surface area contributed by atoms with Crippen LogP contribution in [0.4, 0.5) is 0 Å². The SMILES string of the molecule is Cc1nnnn1-c1ccc(CC(=O)NC(C)C2=CCCCC2)cc1. The van der Waals surface area contributed by atoms with Crippen LogP contribution in [0.1, 0.15) is 44.0 Å². The van der Waals surface area contributed by atoms with Gasteiger partial charge in [-0.3, -0.25) is 4.79 Å². The molecule has 6 heteroatoms. The van der Waals surface area contributed by atoms with E-state index in [9.17, 15) is 4.79 Å². The van der Waals surface area contributed by atoms with Crippen LogP contribution in [0, 0.1) is 6.92 Å². The number of hydrogen-bond donors (Lipinski definition) is 1. The van der Waals surface area contributed by atoms with Crippen LogP contribution in [-0.4, -0.2) is 32.2 Å². The van der Waals surface area contributed by atoms with Gasteiger partial charge >= 0.3 is 0 Å². The maximum atomic E-state index is 12.3. The number of tetrazole rings is 1. The van der Waals surface area contributed by atoms with Crippen LogP contribution in [0.25, 0.3) is 5.69 Å². The number of nitrogens with zero attached hydrogens (tertiary/aromatic N) is 4. The molecule has 1 aromatic carbocycles. The molecule has 6 nitrogen and oxygen atoms in total. The zero-order valence-electron chi connectivity index (χ0n) is 14.2. The van der Waals surface area contributed by atoms with Crippen molar-refractivity contribution in [3.8, 4) is 5.69 Å². The average Bonchev–Trinajstić information content (AvgIpc) is 3.02. The third-order valence-electron chi connectivity index (χ3n) is 4.43. The fourth-order valence-corrected chi connectivity index (χ4v) is 3.05. The molecule has 1 heterocycles. The third-order valence-corrected chi connectivity index (χ3v) is 4.43. The van der Waals surface area contributed by atoms with Gasteiger partial charge in [0.25, 0.3) is 0 Å². The maximum absolute atomic E-state index is 12.3. The number of rotatable bonds is 5. The van der Waals surface area contributed by atoms with Crippen molar-refractivity contribution in [3.05, 3.63) is 47.3 Å². The van der Waals surface area contributed by atoms with Gasteiger partial charge < -0.3 is 5.32 Å². The van der Waals surface area contributed by atoms with Crippen molar-refractivity contribution in [2.45, 2.75) is 52.0 Å². The number of carbonyl (C=O) groups excluding carboxylic acids is 1. The Kier molecular flexibility index (Phi) is 5.03. The van der Waals surface area contributed by atoms with Crippen LogP contribution < -0.4 is 5.32 Å². The smallest absolute Gasteiger partial charge is 0.224 e. The number of allylic oxidation sites excluding steroid dienone is 1. The Balaban J connectivity index is 1.58. The van der Waals surface area contributed by atoms with Crippen molar-refractivity contribution in [3.63, 3.8) is 0 Å². The number of benzene rings is 1. The lowest BCUT2D eigenvalue weighted by atomic mass is 9.94. The second kappa shape index (κ2) is 7.38. The highest BCUT2D eigenvalue weighted by Gasteiger charge is 2.14. The quantitative estimate of drug-likeness (QED) is 0.857. The molecule has 1 aliphatic rings.